The zero-order chi connectivity index (χ0) is 13.7. The molecule has 0 unspecified atom stereocenters. The van der Waals surface area contributed by atoms with E-state index in [0.29, 0.717) is 17.8 Å². The van der Waals surface area contributed by atoms with Gasteiger partial charge in [0.15, 0.2) is 0 Å². The number of amides is 1. The van der Waals surface area contributed by atoms with Gasteiger partial charge in [0, 0.05) is 24.0 Å². The summed E-state index contributed by atoms with van der Waals surface area (Å²) in [6.45, 7) is 2.41. The number of pyridine rings is 1. The first kappa shape index (κ1) is 13.2. The number of carbonyl (C=O) groups excluding carboxylic acids is 1. The Morgan fingerprint density at radius 3 is 2.89 bits per heavy atom. The summed E-state index contributed by atoms with van der Waals surface area (Å²) in [6, 6.07) is 11.2. The zero-order valence-corrected chi connectivity index (χ0v) is 10.9. The standard InChI is InChI=1S/C15H17N3O/c1-2-11-4-3-5-13(8-11)18-15(19)12-6-7-17-14(9-12)10-16/h3-9H,2,10,16H2,1H3,(H,18,19). The number of hydrogen-bond acceptors (Lipinski definition) is 3. The second-order valence-electron chi connectivity index (χ2n) is 4.25. The molecule has 0 bridgehead atoms. The van der Waals surface area contributed by atoms with Crippen LogP contribution in [0.3, 0.4) is 0 Å². The van der Waals surface area contributed by atoms with Crippen LogP contribution in [0, 0.1) is 0 Å². The molecule has 0 aliphatic heterocycles. The van der Waals surface area contributed by atoms with E-state index < -0.39 is 0 Å². The van der Waals surface area contributed by atoms with Crippen molar-refractivity contribution in [1.29, 1.82) is 0 Å². The number of hydrogen-bond donors (Lipinski definition) is 2. The Bertz CT molecular complexity index is 581. The molecule has 0 fully saturated rings. The minimum Gasteiger partial charge on any atom is -0.325 e. The van der Waals surface area contributed by atoms with Crippen LogP contribution in [-0.4, -0.2) is 10.9 Å². The first-order valence-electron chi connectivity index (χ1n) is 6.28. The van der Waals surface area contributed by atoms with Gasteiger partial charge in [-0.05, 0) is 36.2 Å². The Labute approximate surface area is 112 Å². The van der Waals surface area contributed by atoms with E-state index in [1.807, 2.05) is 24.3 Å². The molecule has 0 aliphatic carbocycles. The van der Waals surface area contributed by atoms with Gasteiger partial charge in [0.25, 0.3) is 5.91 Å². The van der Waals surface area contributed by atoms with Gasteiger partial charge in [-0.2, -0.15) is 0 Å². The number of anilines is 1. The quantitative estimate of drug-likeness (QED) is 0.881. The SMILES string of the molecule is CCc1cccc(NC(=O)c2ccnc(CN)c2)c1. The summed E-state index contributed by atoms with van der Waals surface area (Å²) >= 11 is 0. The number of nitrogens with two attached hydrogens (primary N) is 1. The summed E-state index contributed by atoms with van der Waals surface area (Å²) in [5, 5.41) is 2.88. The molecule has 2 aromatic rings. The lowest BCUT2D eigenvalue weighted by Gasteiger charge is -2.07. The molecule has 3 N–H and O–H groups in total. The molecule has 4 heteroatoms. The van der Waals surface area contributed by atoms with Crippen LogP contribution < -0.4 is 11.1 Å². The van der Waals surface area contributed by atoms with Gasteiger partial charge in [-0.15, -0.1) is 0 Å². The van der Waals surface area contributed by atoms with Crippen LogP contribution in [0.1, 0.15) is 28.5 Å². The molecule has 1 amide bonds. The van der Waals surface area contributed by atoms with Crippen molar-refractivity contribution in [2.45, 2.75) is 19.9 Å². The van der Waals surface area contributed by atoms with E-state index in [1.54, 1.807) is 18.3 Å². The molecule has 1 aromatic carbocycles. The Morgan fingerprint density at radius 1 is 1.32 bits per heavy atom. The second-order valence-corrected chi connectivity index (χ2v) is 4.25. The van der Waals surface area contributed by atoms with Crippen molar-refractivity contribution in [1.82, 2.24) is 4.98 Å². The monoisotopic (exact) mass is 255 g/mol. The molecule has 1 aromatic heterocycles. The molecular weight excluding hydrogens is 238 g/mol. The third-order valence-corrected chi connectivity index (χ3v) is 2.88. The lowest BCUT2D eigenvalue weighted by atomic mass is 10.1. The summed E-state index contributed by atoms with van der Waals surface area (Å²) < 4.78 is 0. The van der Waals surface area contributed by atoms with Crippen molar-refractivity contribution in [3.63, 3.8) is 0 Å². The van der Waals surface area contributed by atoms with Crippen LogP contribution in [0.25, 0.3) is 0 Å². The van der Waals surface area contributed by atoms with Gasteiger partial charge in [-0.3, -0.25) is 9.78 Å². The van der Waals surface area contributed by atoms with Crippen molar-refractivity contribution < 1.29 is 4.79 Å². The number of rotatable bonds is 4. The lowest BCUT2D eigenvalue weighted by molar-refractivity contribution is 0.102. The van der Waals surface area contributed by atoms with Crippen molar-refractivity contribution >= 4 is 11.6 Å². The molecule has 1 heterocycles. The van der Waals surface area contributed by atoms with Crippen LogP contribution >= 0.6 is 0 Å². The fraction of sp³-hybridized carbons (Fsp3) is 0.200. The predicted molar refractivity (Wildman–Crippen MR) is 75.9 cm³/mol. The average molecular weight is 255 g/mol. The molecule has 4 nitrogen and oxygen atoms in total. The highest BCUT2D eigenvalue weighted by atomic mass is 16.1. The Kier molecular flexibility index (Phi) is 4.26. The van der Waals surface area contributed by atoms with E-state index in [0.717, 1.165) is 12.1 Å². The van der Waals surface area contributed by atoms with Gasteiger partial charge in [0.1, 0.15) is 0 Å². The summed E-state index contributed by atoms with van der Waals surface area (Å²) in [7, 11) is 0. The van der Waals surface area contributed by atoms with Gasteiger partial charge in [0.05, 0.1) is 5.69 Å². The molecule has 0 spiro atoms. The number of nitrogens with zero attached hydrogens (tertiary/aromatic N) is 1. The summed E-state index contributed by atoms with van der Waals surface area (Å²) in [5.41, 5.74) is 8.78. The largest absolute Gasteiger partial charge is 0.325 e. The first-order chi connectivity index (χ1) is 9.22. The van der Waals surface area contributed by atoms with Crippen LogP contribution in [0.15, 0.2) is 42.6 Å². The Balaban J connectivity index is 2.15. The van der Waals surface area contributed by atoms with Crippen molar-refractivity contribution in [3.05, 3.63) is 59.4 Å². The minimum atomic E-state index is -0.148. The van der Waals surface area contributed by atoms with E-state index in [2.05, 4.69) is 17.2 Å². The van der Waals surface area contributed by atoms with Crippen LogP contribution in [0.4, 0.5) is 5.69 Å². The lowest BCUT2D eigenvalue weighted by Crippen LogP contribution is -2.13. The highest BCUT2D eigenvalue weighted by Crippen LogP contribution is 2.13. The third-order valence-electron chi connectivity index (χ3n) is 2.88. The number of nitrogens with one attached hydrogen (secondary N) is 1. The third kappa shape index (κ3) is 3.39. The Hall–Kier alpha value is -2.20. The average Bonchev–Trinajstić information content (AvgIpc) is 2.47. The number of aromatic nitrogens is 1. The number of carbonyl (C=O) groups is 1. The van der Waals surface area contributed by atoms with E-state index in [9.17, 15) is 4.79 Å². The van der Waals surface area contributed by atoms with Gasteiger partial charge in [-0.25, -0.2) is 0 Å². The van der Waals surface area contributed by atoms with Crippen molar-refractivity contribution in [2.24, 2.45) is 5.73 Å². The van der Waals surface area contributed by atoms with Crippen LogP contribution in [0.2, 0.25) is 0 Å². The molecule has 2 rings (SSSR count). The van der Waals surface area contributed by atoms with E-state index in [4.69, 9.17) is 5.73 Å². The molecule has 0 atom stereocenters. The van der Waals surface area contributed by atoms with Gasteiger partial charge >= 0.3 is 0 Å². The van der Waals surface area contributed by atoms with Crippen molar-refractivity contribution in [3.8, 4) is 0 Å². The van der Waals surface area contributed by atoms with Crippen LogP contribution in [-0.2, 0) is 13.0 Å². The first-order valence-corrected chi connectivity index (χ1v) is 6.28. The van der Waals surface area contributed by atoms with Gasteiger partial charge in [0.2, 0.25) is 0 Å². The maximum Gasteiger partial charge on any atom is 0.255 e. The molecule has 0 saturated carbocycles. The summed E-state index contributed by atoms with van der Waals surface area (Å²) in [5.74, 6) is -0.148. The maximum atomic E-state index is 12.1. The van der Waals surface area contributed by atoms with Crippen LogP contribution in [0.5, 0.6) is 0 Å². The second kappa shape index (κ2) is 6.11. The minimum absolute atomic E-state index is 0.148. The summed E-state index contributed by atoms with van der Waals surface area (Å²) in [4.78, 5) is 16.2. The zero-order valence-electron chi connectivity index (χ0n) is 10.9. The summed E-state index contributed by atoms with van der Waals surface area (Å²) in [6.07, 6.45) is 2.54. The Morgan fingerprint density at radius 2 is 2.16 bits per heavy atom. The van der Waals surface area contributed by atoms with E-state index in [1.165, 1.54) is 5.56 Å². The van der Waals surface area contributed by atoms with Crippen molar-refractivity contribution in [2.75, 3.05) is 5.32 Å². The smallest absolute Gasteiger partial charge is 0.255 e. The van der Waals surface area contributed by atoms with Gasteiger partial charge < -0.3 is 11.1 Å². The fourth-order valence-corrected chi connectivity index (χ4v) is 1.80. The molecule has 0 aliphatic rings. The topological polar surface area (TPSA) is 68.0 Å². The maximum absolute atomic E-state index is 12.1. The highest BCUT2D eigenvalue weighted by molar-refractivity contribution is 6.04. The molecule has 0 radical (unpaired) electrons. The number of aryl methyl sites for hydroxylation is 1. The normalized spacial score (nSPS) is 10.2. The van der Waals surface area contributed by atoms with E-state index in [-0.39, 0.29) is 5.91 Å². The molecule has 19 heavy (non-hydrogen) atoms. The predicted octanol–water partition coefficient (Wildman–Crippen LogP) is 2.36. The highest BCUT2D eigenvalue weighted by Gasteiger charge is 2.07. The molecular formula is C15H17N3O. The molecule has 0 saturated heterocycles. The fourth-order valence-electron chi connectivity index (χ4n) is 1.80. The van der Waals surface area contributed by atoms with Gasteiger partial charge in [-0.1, -0.05) is 19.1 Å². The van der Waals surface area contributed by atoms with E-state index >= 15 is 0 Å². The molecule has 98 valence electrons. The number of benzene rings is 1.